The van der Waals surface area contributed by atoms with Gasteiger partial charge in [0, 0.05) is 6.04 Å². The summed E-state index contributed by atoms with van der Waals surface area (Å²) in [6.45, 7) is 7.29. The molecule has 50 valence electrons. The minimum Gasteiger partial charge on any atom is -0.314 e. The fourth-order valence-electron chi connectivity index (χ4n) is 0.576. The third-order valence-electron chi connectivity index (χ3n) is 1.07. The fraction of sp³-hybridized carbons (Fsp3) is 1.00. The molecular weight excluding hydrogens is 98.1 g/mol. The first kappa shape index (κ1) is 7.96. The van der Waals surface area contributed by atoms with E-state index in [0.717, 1.165) is 12.6 Å². The molecule has 0 amide bonds. The second-order valence-corrected chi connectivity index (χ2v) is 1.83. The zero-order valence-electron chi connectivity index (χ0n) is 6.20. The maximum absolute atomic E-state index is 3.32. The summed E-state index contributed by atoms with van der Waals surface area (Å²) in [6.07, 6.45) is 2.82. The van der Waals surface area contributed by atoms with Crippen LogP contribution in [-0.4, -0.2) is 12.6 Å². The largest absolute Gasteiger partial charge is 0.314 e. The van der Waals surface area contributed by atoms with Crippen LogP contribution in [0.5, 0.6) is 0 Å². The van der Waals surface area contributed by atoms with Crippen LogP contribution in [0.1, 0.15) is 33.6 Å². The monoisotopic (exact) mass is 115 g/mol. The van der Waals surface area contributed by atoms with E-state index in [-0.39, 0.29) is 0 Å². The van der Waals surface area contributed by atoms with Crippen molar-refractivity contribution in [1.82, 2.24) is 5.32 Å². The Labute approximate surface area is 52.5 Å². The Morgan fingerprint density at radius 1 is 1.38 bits per heavy atom. The molecule has 0 atom stereocenters. The van der Waals surface area contributed by atoms with Crippen molar-refractivity contribution in [3.05, 3.63) is 0 Å². The van der Waals surface area contributed by atoms with Crippen molar-refractivity contribution in [1.29, 1.82) is 0 Å². The van der Waals surface area contributed by atoms with Crippen molar-refractivity contribution in [2.24, 2.45) is 0 Å². The lowest BCUT2D eigenvalue weighted by Crippen LogP contribution is -2.14. The zero-order valence-corrected chi connectivity index (χ0v) is 6.20. The van der Waals surface area contributed by atoms with Gasteiger partial charge in [-0.25, -0.2) is 0 Å². The lowest BCUT2D eigenvalue weighted by molar-refractivity contribution is 0.721. The molecule has 0 radical (unpaired) electrons. The second kappa shape index (κ2) is 5.10. The summed E-state index contributed by atoms with van der Waals surface area (Å²) in [5.41, 5.74) is 0. The summed E-state index contributed by atoms with van der Waals surface area (Å²) in [4.78, 5) is 0. The van der Waals surface area contributed by atoms with E-state index in [9.17, 15) is 0 Å². The van der Waals surface area contributed by atoms with Gasteiger partial charge in [-0.05, 0) is 19.4 Å². The van der Waals surface area contributed by atoms with Crippen molar-refractivity contribution in [3.63, 3.8) is 0 Å². The van der Waals surface area contributed by atoms with Crippen molar-refractivity contribution in [2.75, 3.05) is 6.54 Å². The highest BCUT2D eigenvalue weighted by molar-refractivity contribution is 4.79. The van der Waals surface area contributed by atoms with Crippen LogP contribution in [0.3, 0.4) is 0 Å². The lowest BCUT2D eigenvalue weighted by atomic mass is 10.6. The molecule has 1 heteroatoms. The fourth-order valence-corrected chi connectivity index (χ4v) is 0.576. The second-order valence-electron chi connectivity index (χ2n) is 1.83. The standard InChI is InChI=1S/C5H11N.C2H6/c1-2-6-5-3-4-5;1-2/h5-6H,2-4H2,1H3;1-2H3. The van der Waals surface area contributed by atoms with E-state index < -0.39 is 0 Å². The number of nitrogens with one attached hydrogen (secondary N) is 1. The van der Waals surface area contributed by atoms with Crippen LogP contribution < -0.4 is 5.32 Å². The number of rotatable bonds is 2. The van der Waals surface area contributed by atoms with Crippen molar-refractivity contribution < 1.29 is 0 Å². The van der Waals surface area contributed by atoms with Crippen molar-refractivity contribution >= 4 is 0 Å². The van der Waals surface area contributed by atoms with E-state index in [0.29, 0.717) is 0 Å². The van der Waals surface area contributed by atoms with Gasteiger partial charge in [0.15, 0.2) is 0 Å². The van der Waals surface area contributed by atoms with E-state index in [4.69, 9.17) is 0 Å². The Bertz CT molecular complexity index is 39.7. The molecule has 1 nitrogen and oxygen atoms in total. The first-order chi connectivity index (χ1) is 3.93. The topological polar surface area (TPSA) is 12.0 Å². The normalized spacial score (nSPS) is 16.9. The van der Waals surface area contributed by atoms with Crippen LogP contribution in [-0.2, 0) is 0 Å². The predicted molar refractivity (Wildman–Crippen MR) is 38.0 cm³/mol. The van der Waals surface area contributed by atoms with Crippen molar-refractivity contribution in [3.8, 4) is 0 Å². The Kier molecular flexibility index (Phi) is 5.08. The summed E-state index contributed by atoms with van der Waals surface area (Å²) in [5, 5.41) is 3.32. The first-order valence-electron chi connectivity index (χ1n) is 3.67. The molecular formula is C7H17N. The van der Waals surface area contributed by atoms with Gasteiger partial charge in [-0.3, -0.25) is 0 Å². The molecule has 0 saturated heterocycles. The molecule has 0 aromatic heterocycles. The van der Waals surface area contributed by atoms with E-state index in [1.807, 2.05) is 13.8 Å². The molecule has 1 aliphatic rings. The average molecular weight is 115 g/mol. The summed E-state index contributed by atoms with van der Waals surface area (Å²) >= 11 is 0. The Hall–Kier alpha value is -0.0400. The highest BCUT2D eigenvalue weighted by Crippen LogP contribution is 2.17. The smallest absolute Gasteiger partial charge is 0.00681 e. The van der Waals surface area contributed by atoms with Crippen LogP contribution in [0.4, 0.5) is 0 Å². The maximum Gasteiger partial charge on any atom is 0.00681 e. The average Bonchev–Trinajstić information content (AvgIpc) is 2.57. The van der Waals surface area contributed by atoms with Crippen LogP contribution >= 0.6 is 0 Å². The van der Waals surface area contributed by atoms with Gasteiger partial charge in [-0.1, -0.05) is 20.8 Å². The van der Waals surface area contributed by atoms with Gasteiger partial charge in [0.25, 0.3) is 0 Å². The van der Waals surface area contributed by atoms with E-state index in [1.54, 1.807) is 0 Å². The summed E-state index contributed by atoms with van der Waals surface area (Å²) in [6, 6.07) is 0.898. The number of hydrogen-bond acceptors (Lipinski definition) is 1. The van der Waals surface area contributed by atoms with Gasteiger partial charge in [-0.2, -0.15) is 0 Å². The van der Waals surface area contributed by atoms with Gasteiger partial charge in [0.2, 0.25) is 0 Å². The molecule has 1 N–H and O–H groups in total. The molecule has 0 bridgehead atoms. The Balaban J connectivity index is 0.000000222. The highest BCUT2D eigenvalue weighted by atomic mass is 14.9. The molecule has 0 heterocycles. The van der Waals surface area contributed by atoms with Crippen LogP contribution in [0.15, 0.2) is 0 Å². The van der Waals surface area contributed by atoms with Crippen LogP contribution in [0.25, 0.3) is 0 Å². The molecule has 0 spiro atoms. The zero-order chi connectivity index (χ0) is 6.41. The van der Waals surface area contributed by atoms with Crippen LogP contribution in [0, 0.1) is 0 Å². The molecule has 1 rings (SSSR count). The van der Waals surface area contributed by atoms with E-state index in [2.05, 4.69) is 12.2 Å². The molecule has 1 fully saturated rings. The third kappa shape index (κ3) is 4.13. The van der Waals surface area contributed by atoms with Crippen LogP contribution in [0.2, 0.25) is 0 Å². The minimum absolute atomic E-state index is 0.898. The maximum atomic E-state index is 3.32. The molecule has 0 aliphatic heterocycles. The molecule has 0 unspecified atom stereocenters. The summed E-state index contributed by atoms with van der Waals surface area (Å²) < 4.78 is 0. The summed E-state index contributed by atoms with van der Waals surface area (Å²) in [7, 11) is 0. The Morgan fingerprint density at radius 2 is 1.88 bits per heavy atom. The molecule has 8 heavy (non-hydrogen) atoms. The highest BCUT2D eigenvalue weighted by Gasteiger charge is 2.18. The third-order valence-corrected chi connectivity index (χ3v) is 1.07. The quantitative estimate of drug-likeness (QED) is 0.578. The van der Waals surface area contributed by atoms with E-state index >= 15 is 0 Å². The van der Waals surface area contributed by atoms with Gasteiger partial charge in [0.05, 0.1) is 0 Å². The van der Waals surface area contributed by atoms with E-state index in [1.165, 1.54) is 12.8 Å². The lowest BCUT2D eigenvalue weighted by Gasteiger charge is -1.89. The first-order valence-corrected chi connectivity index (χ1v) is 3.67. The predicted octanol–water partition coefficient (Wildman–Crippen LogP) is 1.78. The molecule has 0 aromatic carbocycles. The van der Waals surface area contributed by atoms with Gasteiger partial charge in [-0.15, -0.1) is 0 Å². The van der Waals surface area contributed by atoms with Gasteiger partial charge in [0.1, 0.15) is 0 Å². The van der Waals surface area contributed by atoms with Crippen molar-refractivity contribution in [2.45, 2.75) is 39.7 Å². The SMILES string of the molecule is CC.CCNC1CC1. The van der Waals surface area contributed by atoms with Gasteiger partial charge < -0.3 is 5.32 Å². The summed E-state index contributed by atoms with van der Waals surface area (Å²) in [5.74, 6) is 0. The minimum atomic E-state index is 0.898. The number of hydrogen-bond donors (Lipinski definition) is 1. The molecule has 1 saturated carbocycles. The molecule has 1 aliphatic carbocycles. The molecule has 0 aromatic rings. The van der Waals surface area contributed by atoms with Gasteiger partial charge >= 0.3 is 0 Å². The Morgan fingerprint density at radius 3 is 2.00 bits per heavy atom.